The van der Waals surface area contributed by atoms with Gasteiger partial charge in [0.25, 0.3) is 5.91 Å². The zero-order chi connectivity index (χ0) is 17.6. The van der Waals surface area contributed by atoms with Crippen LogP contribution in [-0.4, -0.2) is 19.6 Å². The quantitative estimate of drug-likeness (QED) is 0.671. The molecule has 0 saturated carbocycles. The van der Waals surface area contributed by atoms with Gasteiger partial charge in [-0.25, -0.2) is 0 Å². The van der Waals surface area contributed by atoms with E-state index in [2.05, 4.69) is 21.2 Å². The third-order valence-corrected chi connectivity index (χ3v) is 4.26. The fourth-order valence-electron chi connectivity index (χ4n) is 2.47. The van der Waals surface area contributed by atoms with E-state index in [9.17, 15) is 4.79 Å². The zero-order valence-electron chi connectivity index (χ0n) is 13.8. The van der Waals surface area contributed by atoms with Gasteiger partial charge in [0.2, 0.25) is 0 Å². The summed E-state index contributed by atoms with van der Waals surface area (Å²) in [7, 11) is 1.62. The largest absolute Gasteiger partial charge is 0.497 e. The lowest BCUT2D eigenvalue weighted by Gasteiger charge is -2.09. The molecule has 3 aromatic rings. The lowest BCUT2D eigenvalue weighted by Crippen LogP contribution is -2.28. The summed E-state index contributed by atoms with van der Waals surface area (Å²) in [4.78, 5) is 12.0. The van der Waals surface area contributed by atoms with Gasteiger partial charge in [0.15, 0.2) is 6.61 Å². The van der Waals surface area contributed by atoms with Gasteiger partial charge in [0.1, 0.15) is 11.5 Å². The number of benzene rings is 3. The fourth-order valence-corrected chi connectivity index (χ4v) is 2.85. The number of hydrogen-bond donors (Lipinski definition) is 1. The number of amides is 1. The maximum atomic E-state index is 12.0. The van der Waals surface area contributed by atoms with Gasteiger partial charge in [0, 0.05) is 11.0 Å². The Kier molecular flexibility index (Phi) is 5.56. The van der Waals surface area contributed by atoms with Crippen LogP contribution in [0.2, 0.25) is 0 Å². The Morgan fingerprint density at radius 1 is 1.00 bits per heavy atom. The van der Waals surface area contributed by atoms with Gasteiger partial charge < -0.3 is 14.8 Å². The minimum atomic E-state index is -0.168. The second-order valence-corrected chi connectivity index (χ2v) is 6.49. The van der Waals surface area contributed by atoms with E-state index in [0.717, 1.165) is 26.6 Å². The third-order valence-electron chi connectivity index (χ3n) is 3.77. The van der Waals surface area contributed by atoms with E-state index in [0.29, 0.717) is 12.3 Å². The average molecular weight is 400 g/mol. The Hall–Kier alpha value is -2.53. The van der Waals surface area contributed by atoms with Gasteiger partial charge in [-0.3, -0.25) is 4.79 Å². The van der Waals surface area contributed by atoms with Gasteiger partial charge in [-0.2, -0.15) is 0 Å². The Bertz CT molecular complexity index is 895. The number of nitrogens with one attached hydrogen (secondary N) is 1. The van der Waals surface area contributed by atoms with E-state index in [4.69, 9.17) is 9.47 Å². The number of methoxy groups -OCH3 is 1. The number of ether oxygens (including phenoxy) is 2. The molecule has 3 rings (SSSR count). The van der Waals surface area contributed by atoms with Crippen LogP contribution in [0.3, 0.4) is 0 Å². The van der Waals surface area contributed by atoms with Gasteiger partial charge in [-0.05, 0) is 52.7 Å². The number of carbonyl (C=O) groups excluding carboxylic acids is 1. The monoisotopic (exact) mass is 399 g/mol. The summed E-state index contributed by atoms with van der Waals surface area (Å²) in [5, 5.41) is 5.02. The summed E-state index contributed by atoms with van der Waals surface area (Å²) in [5.41, 5.74) is 0.976. The van der Waals surface area contributed by atoms with Gasteiger partial charge >= 0.3 is 0 Å². The van der Waals surface area contributed by atoms with Crippen molar-refractivity contribution in [1.82, 2.24) is 5.32 Å². The summed E-state index contributed by atoms with van der Waals surface area (Å²) >= 11 is 3.45. The number of halogens is 1. The number of fused-ring (bicyclic) bond motifs is 1. The molecule has 128 valence electrons. The van der Waals surface area contributed by atoms with Crippen LogP contribution in [0.25, 0.3) is 10.8 Å². The number of rotatable bonds is 6. The maximum absolute atomic E-state index is 12.0. The fraction of sp³-hybridized carbons (Fsp3) is 0.150. The molecule has 3 aromatic carbocycles. The molecule has 0 aliphatic heterocycles. The van der Waals surface area contributed by atoms with Crippen LogP contribution in [0, 0.1) is 0 Å². The number of hydrogen-bond acceptors (Lipinski definition) is 3. The zero-order valence-corrected chi connectivity index (χ0v) is 15.4. The smallest absolute Gasteiger partial charge is 0.258 e. The van der Waals surface area contributed by atoms with Crippen molar-refractivity contribution in [3.63, 3.8) is 0 Å². The molecule has 0 bridgehead atoms. The molecule has 0 unspecified atom stereocenters. The van der Waals surface area contributed by atoms with Crippen molar-refractivity contribution >= 4 is 32.6 Å². The average Bonchev–Trinajstić information content (AvgIpc) is 2.64. The molecular formula is C20H18BrNO3. The first kappa shape index (κ1) is 17.3. The standard InChI is InChI=1S/C20H18BrNO3/c1-24-18-4-2-3-14(9-18)12-22-20(23)13-25-19-8-6-15-10-17(21)7-5-16(15)11-19/h2-11H,12-13H2,1H3,(H,22,23). The normalized spacial score (nSPS) is 10.5. The van der Waals surface area contributed by atoms with Crippen LogP contribution in [0.15, 0.2) is 65.1 Å². The predicted molar refractivity (Wildman–Crippen MR) is 102 cm³/mol. The second-order valence-electron chi connectivity index (χ2n) is 5.57. The van der Waals surface area contributed by atoms with Crippen LogP contribution < -0.4 is 14.8 Å². The molecule has 1 amide bonds. The summed E-state index contributed by atoms with van der Waals surface area (Å²) in [5.74, 6) is 1.27. The highest BCUT2D eigenvalue weighted by Gasteiger charge is 2.05. The Labute approximate surface area is 154 Å². The molecule has 4 nitrogen and oxygen atoms in total. The van der Waals surface area contributed by atoms with Crippen molar-refractivity contribution in [3.05, 3.63) is 70.7 Å². The molecular weight excluding hydrogens is 382 g/mol. The molecule has 0 spiro atoms. The molecule has 25 heavy (non-hydrogen) atoms. The van der Waals surface area contributed by atoms with E-state index < -0.39 is 0 Å². The van der Waals surface area contributed by atoms with E-state index in [1.807, 2.05) is 60.7 Å². The number of carbonyl (C=O) groups is 1. The second kappa shape index (κ2) is 8.03. The van der Waals surface area contributed by atoms with Gasteiger partial charge in [0.05, 0.1) is 7.11 Å². The van der Waals surface area contributed by atoms with Gasteiger partial charge in [-0.15, -0.1) is 0 Å². The van der Waals surface area contributed by atoms with Crippen molar-refractivity contribution in [2.24, 2.45) is 0 Å². The van der Waals surface area contributed by atoms with Crippen molar-refractivity contribution in [3.8, 4) is 11.5 Å². The van der Waals surface area contributed by atoms with Crippen LogP contribution in [0.4, 0.5) is 0 Å². The van der Waals surface area contributed by atoms with Crippen LogP contribution >= 0.6 is 15.9 Å². The molecule has 0 aliphatic rings. The molecule has 0 saturated heterocycles. The minimum absolute atomic E-state index is 0.0218. The lowest BCUT2D eigenvalue weighted by atomic mass is 10.1. The molecule has 5 heteroatoms. The SMILES string of the molecule is COc1cccc(CNC(=O)COc2ccc3cc(Br)ccc3c2)c1. The summed E-state index contributed by atoms with van der Waals surface area (Å²) in [6, 6.07) is 19.4. The van der Waals surface area contributed by atoms with E-state index in [1.165, 1.54) is 0 Å². The minimum Gasteiger partial charge on any atom is -0.497 e. The van der Waals surface area contributed by atoms with Crippen molar-refractivity contribution in [2.75, 3.05) is 13.7 Å². The first-order chi connectivity index (χ1) is 12.1. The molecule has 0 fully saturated rings. The highest BCUT2D eigenvalue weighted by atomic mass is 79.9. The maximum Gasteiger partial charge on any atom is 0.258 e. The molecule has 0 aliphatic carbocycles. The topological polar surface area (TPSA) is 47.6 Å². The summed E-state index contributed by atoms with van der Waals surface area (Å²) in [6.07, 6.45) is 0. The Morgan fingerprint density at radius 3 is 2.64 bits per heavy atom. The van der Waals surface area contributed by atoms with Crippen molar-refractivity contribution in [2.45, 2.75) is 6.54 Å². The third kappa shape index (κ3) is 4.73. The molecule has 0 atom stereocenters. The molecule has 1 N–H and O–H groups in total. The summed E-state index contributed by atoms with van der Waals surface area (Å²) in [6.45, 7) is 0.414. The van der Waals surface area contributed by atoms with Gasteiger partial charge in [-0.1, -0.05) is 40.2 Å². The summed E-state index contributed by atoms with van der Waals surface area (Å²) < 4.78 is 11.8. The van der Waals surface area contributed by atoms with E-state index in [-0.39, 0.29) is 12.5 Å². The van der Waals surface area contributed by atoms with Crippen LogP contribution in [0.5, 0.6) is 11.5 Å². The lowest BCUT2D eigenvalue weighted by molar-refractivity contribution is -0.123. The Morgan fingerprint density at radius 2 is 1.80 bits per heavy atom. The van der Waals surface area contributed by atoms with Crippen molar-refractivity contribution < 1.29 is 14.3 Å². The predicted octanol–water partition coefficient (Wildman–Crippen LogP) is 4.31. The van der Waals surface area contributed by atoms with E-state index >= 15 is 0 Å². The van der Waals surface area contributed by atoms with Crippen LogP contribution in [0.1, 0.15) is 5.56 Å². The highest BCUT2D eigenvalue weighted by molar-refractivity contribution is 9.10. The molecule has 0 heterocycles. The first-order valence-corrected chi connectivity index (χ1v) is 8.65. The Balaban J connectivity index is 1.54. The molecule has 0 radical (unpaired) electrons. The van der Waals surface area contributed by atoms with Crippen molar-refractivity contribution in [1.29, 1.82) is 0 Å². The highest BCUT2D eigenvalue weighted by Crippen LogP contribution is 2.24. The van der Waals surface area contributed by atoms with E-state index in [1.54, 1.807) is 7.11 Å². The van der Waals surface area contributed by atoms with Crippen LogP contribution in [-0.2, 0) is 11.3 Å². The first-order valence-electron chi connectivity index (χ1n) is 7.86. The molecule has 0 aromatic heterocycles.